The second-order valence-electron chi connectivity index (χ2n) is 5.50. The number of anilines is 1. The molecule has 22 heavy (non-hydrogen) atoms. The van der Waals surface area contributed by atoms with Crippen molar-refractivity contribution in [1.82, 2.24) is 0 Å². The zero-order chi connectivity index (χ0) is 15.9. The predicted molar refractivity (Wildman–Crippen MR) is 90.7 cm³/mol. The van der Waals surface area contributed by atoms with Crippen molar-refractivity contribution in [3.63, 3.8) is 0 Å². The predicted octanol–water partition coefficient (Wildman–Crippen LogP) is 4.73. The van der Waals surface area contributed by atoms with Crippen LogP contribution in [0.15, 0.2) is 42.5 Å². The van der Waals surface area contributed by atoms with Gasteiger partial charge in [0.1, 0.15) is 5.75 Å². The van der Waals surface area contributed by atoms with Gasteiger partial charge in [0.15, 0.2) is 0 Å². The Bertz CT molecular complexity index is 632. The summed E-state index contributed by atoms with van der Waals surface area (Å²) in [5.41, 5.74) is 3.61. The van der Waals surface area contributed by atoms with Gasteiger partial charge in [0.05, 0.1) is 6.61 Å². The van der Waals surface area contributed by atoms with E-state index in [2.05, 4.69) is 12.2 Å². The van der Waals surface area contributed by atoms with Gasteiger partial charge in [-0.25, -0.2) is 0 Å². The largest absolute Gasteiger partial charge is 0.494 e. The van der Waals surface area contributed by atoms with E-state index >= 15 is 0 Å². The summed E-state index contributed by atoms with van der Waals surface area (Å²) in [5.74, 6) is 0.745. The summed E-state index contributed by atoms with van der Waals surface area (Å²) in [7, 11) is 0. The van der Waals surface area contributed by atoms with Crippen molar-refractivity contribution in [2.75, 3.05) is 11.9 Å². The van der Waals surface area contributed by atoms with E-state index in [1.807, 2.05) is 56.3 Å². The van der Waals surface area contributed by atoms with E-state index in [1.165, 1.54) is 0 Å². The second-order valence-corrected chi connectivity index (χ2v) is 5.50. The summed E-state index contributed by atoms with van der Waals surface area (Å²) in [6, 6.07) is 13.3. The highest BCUT2D eigenvalue weighted by Crippen LogP contribution is 2.18. The highest BCUT2D eigenvalue weighted by atomic mass is 16.5. The van der Waals surface area contributed by atoms with E-state index in [4.69, 9.17) is 4.74 Å². The first-order chi connectivity index (χ1) is 10.6. The molecule has 0 aromatic heterocycles. The average molecular weight is 297 g/mol. The van der Waals surface area contributed by atoms with Crippen molar-refractivity contribution in [1.29, 1.82) is 0 Å². The number of aryl methyl sites for hydroxylation is 2. The van der Waals surface area contributed by atoms with Crippen LogP contribution in [0.2, 0.25) is 0 Å². The Balaban J connectivity index is 1.99. The molecule has 0 bridgehead atoms. The van der Waals surface area contributed by atoms with E-state index in [0.29, 0.717) is 5.56 Å². The SMILES string of the molecule is CCCCOc1ccc(NC(=O)c2ccc(C)cc2C)cc1. The van der Waals surface area contributed by atoms with Crippen LogP contribution in [0.5, 0.6) is 5.75 Å². The molecule has 0 aliphatic rings. The van der Waals surface area contributed by atoms with Crippen molar-refractivity contribution in [3.05, 3.63) is 59.2 Å². The molecule has 3 nitrogen and oxygen atoms in total. The highest BCUT2D eigenvalue weighted by molar-refractivity contribution is 6.05. The lowest BCUT2D eigenvalue weighted by molar-refractivity contribution is 0.102. The van der Waals surface area contributed by atoms with Gasteiger partial charge in [0, 0.05) is 11.3 Å². The maximum Gasteiger partial charge on any atom is 0.255 e. The Morgan fingerprint density at radius 2 is 1.82 bits per heavy atom. The van der Waals surface area contributed by atoms with Gasteiger partial charge in [-0.15, -0.1) is 0 Å². The van der Waals surface area contributed by atoms with Gasteiger partial charge in [-0.05, 0) is 56.2 Å². The smallest absolute Gasteiger partial charge is 0.255 e. The van der Waals surface area contributed by atoms with Crippen molar-refractivity contribution in [3.8, 4) is 5.75 Å². The Kier molecular flexibility index (Phi) is 5.59. The first-order valence-electron chi connectivity index (χ1n) is 7.71. The summed E-state index contributed by atoms with van der Waals surface area (Å²) < 4.78 is 5.61. The van der Waals surface area contributed by atoms with E-state index in [1.54, 1.807) is 0 Å². The highest BCUT2D eigenvalue weighted by Gasteiger charge is 2.09. The molecule has 0 radical (unpaired) electrons. The Morgan fingerprint density at radius 3 is 2.45 bits per heavy atom. The van der Waals surface area contributed by atoms with Crippen molar-refractivity contribution < 1.29 is 9.53 Å². The molecule has 0 aliphatic carbocycles. The molecule has 0 aliphatic heterocycles. The number of benzene rings is 2. The molecule has 1 N–H and O–H groups in total. The number of rotatable bonds is 6. The molecule has 2 rings (SSSR count). The van der Waals surface area contributed by atoms with Crippen LogP contribution in [0.1, 0.15) is 41.3 Å². The molecule has 1 amide bonds. The average Bonchev–Trinajstić information content (AvgIpc) is 2.49. The van der Waals surface area contributed by atoms with Gasteiger partial charge >= 0.3 is 0 Å². The number of hydrogen-bond donors (Lipinski definition) is 1. The quantitative estimate of drug-likeness (QED) is 0.782. The van der Waals surface area contributed by atoms with Crippen LogP contribution in [0.3, 0.4) is 0 Å². The van der Waals surface area contributed by atoms with Crippen LogP contribution in [-0.4, -0.2) is 12.5 Å². The Hall–Kier alpha value is -2.29. The lowest BCUT2D eigenvalue weighted by Crippen LogP contribution is -2.13. The molecule has 0 saturated carbocycles. The minimum atomic E-state index is -0.0860. The summed E-state index contributed by atoms with van der Waals surface area (Å²) in [6.07, 6.45) is 2.16. The van der Waals surface area contributed by atoms with Crippen LogP contribution >= 0.6 is 0 Å². The fraction of sp³-hybridized carbons (Fsp3) is 0.316. The normalized spacial score (nSPS) is 10.3. The fourth-order valence-electron chi connectivity index (χ4n) is 2.24. The van der Waals surface area contributed by atoms with Crippen molar-refractivity contribution in [2.45, 2.75) is 33.6 Å². The number of amides is 1. The number of nitrogens with one attached hydrogen (secondary N) is 1. The summed E-state index contributed by atoms with van der Waals surface area (Å²) >= 11 is 0. The van der Waals surface area contributed by atoms with E-state index < -0.39 is 0 Å². The Morgan fingerprint density at radius 1 is 1.09 bits per heavy atom. The van der Waals surface area contributed by atoms with Gasteiger partial charge in [-0.2, -0.15) is 0 Å². The van der Waals surface area contributed by atoms with Crippen LogP contribution in [0, 0.1) is 13.8 Å². The molecule has 0 unspecified atom stereocenters. The molecule has 0 fully saturated rings. The first-order valence-corrected chi connectivity index (χ1v) is 7.71. The van der Waals surface area contributed by atoms with Crippen molar-refractivity contribution in [2.24, 2.45) is 0 Å². The third-order valence-corrected chi connectivity index (χ3v) is 3.51. The molecule has 2 aromatic carbocycles. The molecule has 0 saturated heterocycles. The Labute approximate surface area is 132 Å². The van der Waals surface area contributed by atoms with Gasteiger partial charge in [-0.3, -0.25) is 4.79 Å². The molecule has 3 heteroatoms. The molecular weight excluding hydrogens is 274 g/mol. The second kappa shape index (κ2) is 7.64. The summed E-state index contributed by atoms with van der Waals surface area (Å²) in [4.78, 5) is 12.3. The third kappa shape index (κ3) is 4.35. The van der Waals surface area contributed by atoms with Gasteiger partial charge in [0.25, 0.3) is 5.91 Å². The van der Waals surface area contributed by atoms with E-state index in [9.17, 15) is 4.79 Å². The molecule has 0 spiro atoms. The number of hydrogen-bond acceptors (Lipinski definition) is 2. The van der Waals surface area contributed by atoms with Crippen LogP contribution < -0.4 is 10.1 Å². The van der Waals surface area contributed by atoms with Gasteiger partial charge < -0.3 is 10.1 Å². The van der Waals surface area contributed by atoms with Crippen LogP contribution in [-0.2, 0) is 0 Å². The topological polar surface area (TPSA) is 38.3 Å². The molecule has 0 atom stereocenters. The lowest BCUT2D eigenvalue weighted by Gasteiger charge is -2.10. The first kappa shape index (κ1) is 16.1. The molecular formula is C19H23NO2. The standard InChI is InChI=1S/C19H23NO2/c1-4-5-12-22-17-9-7-16(8-10-17)20-19(21)18-11-6-14(2)13-15(18)3/h6-11,13H,4-5,12H2,1-3H3,(H,20,21). The number of carbonyl (C=O) groups excluding carboxylic acids is 1. The zero-order valence-corrected chi connectivity index (χ0v) is 13.5. The maximum atomic E-state index is 12.3. The third-order valence-electron chi connectivity index (χ3n) is 3.51. The summed E-state index contributed by atoms with van der Waals surface area (Å²) in [6.45, 7) is 6.83. The molecule has 116 valence electrons. The molecule has 0 heterocycles. The van der Waals surface area contributed by atoms with Gasteiger partial charge in [-0.1, -0.05) is 31.0 Å². The maximum absolute atomic E-state index is 12.3. The minimum Gasteiger partial charge on any atom is -0.494 e. The van der Waals surface area contributed by atoms with Crippen LogP contribution in [0.4, 0.5) is 5.69 Å². The lowest BCUT2D eigenvalue weighted by atomic mass is 10.1. The number of unbranched alkanes of at least 4 members (excludes halogenated alkanes) is 1. The van der Waals surface area contributed by atoms with E-state index in [0.717, 1.165) is 42.0 Å². The molecule has 2 aromatic rings. The minimum absolute atomic E-state index is 0.0860. The van der Waals surface area contributed by atoms with Crippen LogP contribution in [0.25, 0.3) is 0 Å². The fourth-order valence-corrected chi connectivity index (χ4v) is 2.24. The summed E-state index contributed by atoms with van der Waals surface area (Å²) in [5, 5.41) is 2.92. The van der Waals surface area contributed by atoms with Crippen molar-refractivity contribution >= 4 is 11.6 Å². The monoisotopic (exact) mass is 297 g/mol. The number of carbonyl (C=O) groups is 1. The van der Waals surface area contributed by atoms with Gasteiger partial charge in [0.2, 0.25) is 0 Å². The number of ether oxygens (including phenoxy) is 1. The zero-order valence-electron chi connectivity index (χ0n) is 13.5. The van der Waals surface area contributed by atoms with E-state index in [-0.39, 0.29) is 5.91 Å².